The summed E-state index contributed by atoms with van der Waals surface area (Å²) in [6.45, 7) is 4.87. The molecule has 0 aliphatic carbocycles. The smallest absolute Gasteiger partial charge is 0.278 e. The molecule has 0 bridgehead atoms. The van der Waals surface area contributed by atoms with Crippen LogP contribution in [0.4, 0.5) is 0 Å². The number of aryl methyl sites for hydroxylation is 1. The third-order valence-corrected chi connectivity index (χ3v) is 2.62. The van der Waals surface area contributed by atoms with Crippen molar-refractivity contribution in [1.29, 1.82) is 0 Å². The van der Waals surface area contributed by atoms with Crippen molar-refractivity contribution in [3.8, 4) is 11.6 Å². The van der Waals surface area contributed by atoms with Crippen molar-refractivity contribution < 1.29 is 9.26 Å². The minimum Gasteiger partial charge on any atom is -0.379 e. The summed E-state index contributed by atoms with van der Waals surface area (Å²) < 4.78 is 12.3. The van der Waals surface area contributed by atoms with Crippen molar-refractivity contribution in [2.24, 2.45) is 12.8 Å². The number of nitrogens with zero attached hydrogens (tertiary/aromatic N) is 4. The van der Waals surface area contributed by atoms with Gasteiger partial charge in [-0.2, -0.15) is 10.1 Å². The van der Waals surface area contributed by atoms with Gasteiger partial charge in [0, 0.05) is 19.9 Å². The normalized spacial score (nSPS) is 14.5. The molecule has 0 saturated heterocycles. The van der Waals surface area contributed by atoms with Crippen molar-refractivity contribution in [3.05, 3.63) is 18.1 Å². The summed E-state index contributed by atoms with van der Waals surface area (Å²) in [5.41, 5.74) is 6.00. The summed E-state index contributed by atoms with van der Waals surface area (Å²) in [5, 5.41) is 8.11. The summed E-state index contributed by atoms with van der Waals surface area (Å²) in [4.78, 5) is 4.29. The lowest BCUT2D eigenvalue weighted by molar-refractivity contribution is 0.0867. The highest BCUT2D eigenvalue weighted by atomic mass is 16.5. The van der Waals surface area contributed by atoms with Gasteiger partial charge in [0.05, 0.1) is 6.61 Å². The summed E-state index contributed by atoms with van der Waals surface area (Å²) in [7, 11) is 1.83. The first-order valence-corrected chi connectivity index (χ1v) is 6.24. The Hall–Kier alpha value is -1.73. The Bertz CT molecular complexity index is 532. The van der Waals surface area contributed by atoms with E-state index in [0.717, 1.165) is 6.42 Å². The van der Waals surface area contributed by atoms with Crippen LogP contribution in [0.2, 0.25) is 0 Å². The Kier molecular flexibility index (Phi) is 3.96. The van der Waals surface area contributed by atoms with E-state index in [1.807, 2.05) is 27.1 Å². The molecule has 2 rings (SSSR count). The zero-order valence-electron chi connectivity index (χ0n) is 11.5. The van der Waals surface area contributed by atoms with Crippen LogP contribution in [0.3, 0.4) is 0 Å². The Morgan fingerprint density at radius 2 is 2.32 bits per heavy atom. The van der Waals surface area contributed by atoms with Gasteiger partial charge in [0.2, 0.25) is 0 Å². The minimum atomic E-state index is -0.772. The molecule has 7 nitrogen and oxygen atoms in total. The lowest BCUT2D eigenvalue weighted by Gasteiger charge is -2.19. The molecule has 2 heterocycles. The molecule has 2 aromatic heterocycles. The zero-order chi connectivity index (χ0) is 13.9. The van der Waals surface area contributed by atoms with Gasteiger partial charge < -0.3 is 15.0 Å². The van der Waals surface area contributed by atoms with Crippen molar-refractivity contribution in [1.82, 2.24) is 19.9 Å². The second-order valence-corrected chi connectivity index (χ2v) is 4.77. The Labute approximate surface area is 111 Å². The first-order valence-electron chi connectivity index (χ1n) is 6.24. The Morgan fingerprint density at radius 3 is 2.95 bits per heavy atom. The standard InChI is InChI=1S/C12H19N5O2/c1-4-7-18-8-12(2,13)11-14-10(19-16-11)9-5-6-17(3)15-9/h5-6H,4,7-8,13H2,1-3H3. The molecule has 7 heteroatoms. The van der Waals surface area contributed by atoms with Gasteiger partial charge in [-0.25, -0.2) is 0 Å². The van der Waals surface area contributed by atoms with Gasteiger partial charge >= 0.3 is 0 Å². The molecule has 104 valence electrons. The van der Waals surface area contributed by atoms with E-state index in [-0.39, 0.29) is 0 Å². The van der Waals surface area contributed by atoms with Crippen LogP contribution in [-0.4, -0.2) is 33.1 Å². The van der Waals surface area contributed by atoms with Crippen LogP contribution in [0.5, 0.6) is 0 Å². The van der Waals surface area contributed by atoms with Crippen LogP contribution in [0.15, 0.2) is 16.8 Å². The van der Waals surface area contributed by atoms with Crippen LogP contribution < -0.4 is 5.73 Å². The van der Waals surface area contributed by atoms with Crippen LogP contribution in [-0.2, 0) is 17.3 Å². The molecule has 0 saturated carbocycles. The maximum absolute atomic E-state index is 6.14. The molecule has 0 aromatic carbocycles. The summed E-state index contributed by atoms with van der Waals surface area (Å²) in [6, 6.07) is 1.80. The predicted octanol–water partition coefficient (Wildman–Crippen LogP) is 1.07. The molecule has 1 atom stereocenters. The van der Waals surface area contributed by atoms with Crippen molar-refractivity contribution >= 4 is 0 Å². The number of hydrogen-bond acceptors (Lipinski definition) is 6. The van der Waals surface area contributed by atoms with Crippen molar-refractivity contribution in [2.45, 2.75) is 25.8 Å². The average molecular weight is 265 g/mol. The third kappa shape index (κ3) is 3.18. The van der Waals surface area contributed by atoms with E-state index in [0.29, 0.717) is 30.6 Å². The maximum Gasteiger partial charge on any atom is 0.278 e. The van der Waals surface area contributed by atoms with E-state index in [2.05, 4.69) is 15.2 Å². The van der Waals surface area contributed by atoms with E-state index in [1.54, 1.807) is 10.7 Å². The van der Waals surface area contributed by atoms with E-state index >= 15 is 0 Å². The van der Waals surface area contributed by atoms with Gasteiger partial charge in [0.15, 0.2) is 11.5 Å². The van der Waals surface area contributed by atoms with Gasteiger partial charge in [-0.3, -0.25) is 4.68 Å². The first-order chi connectivity index (χ1) is 9.03. The second-order valence-electron chi connectivity index (χ2n) is 4.77. The molecule has 2 N–H and O–H groups in total. The quantitative estimate of drug-likeness (QED) is 0.785. The molecule has 0 radical (unpaired) electrons. The van der Waals surface area contributed by atoms with Crippen LogP contribution in [0.1, 0.15) is 26.1 Å². The zero-order valence-corrected chi connectivity index (χ0v) is 11.5. The predicted molar refractivity (Wildman–Crippen MR) is 69.1 cm³/mol. The van der Waals surface area contributed by atoms with Gasteiger partial charge in [-0.1, -0.05) is 12.1 Å². The van der Waals surface area contributed by atoms with Crippen molar-refractivity contribution in [2.75, 3.05) is 13.2 Å². The number of rotatable bonds is 6. The fourth-order valence-electron chi connectivity index (χ4n) is 1.58. The van der Waals surface area contributed by atoms with Gasteiger partial charge in [-0.05, 0) is 19.4 Å². The Morgan fingerprint density at radius 1 is 1.53 bits per heavy atom. The largest absolute Gasteiger partial charge is 0.379 e. The Balaban J connectivity index is 2.11. The van der Waals surface area contributed by atoms with E-state index in [1.165, 1.54) is 0 Å². The van der Waals surface area contributed by atoms with Crippen LogP contribution >= 0.6 is 0 Å². The third-order valence-electron chi connectivity index (χ3n) is 2.62. The topological polar surface area (TPSA) is 92.0 Å². The molecule has 1 unspecified atom stereocenters. The molecule has 2 aromatic rings. The monoisotopic (exact) mass is 265 g/mol. The molecule has 19 heavy (non-hydrogen) atoms. The average Bonchev–Trinajstić information content (AvgIpc) is 2.97. The summed E-state index contributed by atoms with van der Waals surface area (Å²) in [6.07, 6.45) is 2.76. The highest BCUT2D eigenvalue weighted by Gasteiger charge is 2.28. The minimum absolute atomic E-state index is 0.349. The van der Waals surface area contributed by atoms with Gasteiger partial charge in [0.25, 0.3) is 5.89 Å². The van der Waals surface area contributed by atoms with E-state index < -0.39 is 5.54 Å². The number of ether oxygens (including phenoxy) is 1. The van der Waals surface area contributed by atoms with Gasteiger partial charge in [0.1, 0.15) is 5.54 Å². The van der Waals surface area contributed by atoms with Crippen LogP contribution in [0, 0.1) is 0 Å². The summed E-state index contributed by atoms with van der Waals surface area (Å²) in [5.74, 6) is 0.784. The fraction of sp³-hybridized carbons (Fsp3) is 0.583. The maximum atomic E-state index is 6.14. The number of aromatic nitrogens is 4. The lowest BCUT2D eigenvalue weighted by atomic mass is 10.1. The molecular weight excluding hydrogens is 246 g/mol. The highest BCUT2D eigenvalue weighted by Crippen LogP contribution is 2.20. The van der Waals surface area contributed by atoms with Crippen LogP contribution in [0.25, 0.3) is 11.6 Å². The number of hydrogen-bond donors (Lipinski definition) is 1. The second kappa shape index (κ2) is 5.50. The highest BCUT2D eigenvalue weighted by molar-refractivity contribution is 5.45. The molecule has 0 aliphatic rings. The molecule has 0 aliphatic heterocycles. The lowest BCUT2D eigenvalue weighted by Crippen LogP contribution is -2.39. The fourth-order valence-corrected chi connectivity index (χ4v) is 1.58. The SMILES string of the molecule is CCCOCC(C)(N)c1noc(-c2ccn(C)n2)n1. The first kappa shape index (κ1) is 13.7. The van der Waals surface area contributed by atoms with E-state index in [9.17, 15) is 0 Å². The van der Waals surface area contributed by atoms with E-state index in [4.69, 9.17) is 15.0 Å². The van der Waals surface area contributed by atoms with Crippen molar-refractivity contribution in [3.63, 3.8) is 0 Å². The molecule has 0 spiro atoms. The number of nitrogens with two attached hydrogens (primary N) is 1. The molecule has 0 amide bonds. The molecule has 0 fully saturated rings. The van der Waals surface area contributed by atoms with Gasteiger partial charge in [-0.15, -0.1) is 0 Å². The molecular formula is C12H19N5O2. The summed E-state index contributed by atoms with van der Waals surface area (Å²) >= 11 is 0.